The lowest BCUT2D eigenvalue weighted by Crippen LogP contribution is -2.41. The largest absolute Gasteiger partial charge is 0.383 e. The Bertz CT molecular complexity index is 1010. The Labute approximate surface area is 192 Å². The van der Waals surface area contributed by atoms with Crippen LogP contribution in [0.15, 0.2) is 42.6 Å². The molecule has 0 atom stereocenters. The van der Waals surface area contributed by atoms with E-state index in [0.29, 0.717) is 19.7 Å². The van der Waals surface area contributed by atoms with E-state index in [1.165, 1.54) is 5.56 Å². The summed E-state index contributed by atoms with van der Waals surface area (Å²) in [6, 6.07) is 12.5. The van der Waals surface area contributed by atoms with Gasteiger partial charge in [0.15, 0.2) is 0 Å². The number of amides is 1. The van der Waals surface area contributed by atoms with Crippen LogP contribution in [0.3, 0.4) is 0 Å². The number of benzene rings is 1. The van der Waals surface area contributed by atoms with Crippen molar-refractivity contribution in [1.29, 1.82) is 0 Å². The fraction of sp³-hybridized carbons (Fsp3) is 0.435. The monoisotopic (exact) mass is 454 g/mol. The SMILES string of the molecule is COCCNC(=O)C1CCN(c2nnc(-n3cccc3CNc3ccc(C)cc3)s2)CC1. The summed E-state index contributed by atoms with van der Waals surface area (Å²) in [5, 5.41) is 17.0. The molecule has 1 aromatic carbocycles. The molecule has 1 fully saturated rings. The maximum absolute atomic E-state index is 12.3. The lowest BCUT2D eigenvalue weighted by molar-refractivity contribution is -0.125. The number of nitrogens with zero attached hydrogens (tertiary/aromatic N) is 4. The third-order valence-electron chi connectivity index (χ3n) is 5.71. The third kappa shape index (κ3) is 5.46. The topological polar surface area (TPSA) is 84.3 Å². The van der Waals surface area contributed by atoms with E-state index in [1.54, 1.807) is 18.4 Å². The Kier molecular flexibility index (Phi) is 7.39. The summed E-state index contributed by atoms with van der Waals surface area (Å²) >= 11 is 1.58. The molecule has 0 unspecified atom stereocenters. The van der Waals surface area contributed by atoms with E-state index in [-0.39, 0.29) is 11.8 Å². The zero-order valence-corrected chi connectivity index (χ0v) is 19.4. The van der Waals surface area contributed by atoms with Gasteiger partial charge in [-0.1, -0.05) is 29.0 Å². The van der Waals surface area contributed by atoms with Crippen molar-refractivity contribution >= 4 is 28.1 Å². The molecule has 1 aliphatic rings. The van der Waals surface area contributed by atoms with Crippen LogP contribution in [0.25, 0.3) is 5.13 Å². The van der Waals surface area contributed by atoms with Gasteiger partial charge < -0.3 is 20.3 Å². The fourth-order valence-corrected chi connectivity index (χ4v) is 4.71. The number of ether oxygens (including phenoxy) is 1. The van der Waals surface area contributed by atoms with Crippen LogP contribution in [0.2, 0.25) is 0 Å². The van der Waals surface area contributed by atoms with E-state index in [1.807, 2.05) is 12.3 Å². The van der Waals surface area contributed by atoms with E-state index < -0.39 is 0 Å². The Hall–Kier alpha value is -2.91. The predicted molar refractivity (Wildman–Crippen MR) is 128 cm³/mol. The molecular weight excluding hydrogens is 424 g/mol. The number of carbonyl (C=O) groups is 1. The predicted octanol–water partition coefficient (Wildman–Crippen LogP) is 3.23. The molecule has 3 heterocycles. The van der Waals surface area contributed by atoms with Crippen molar-refractivity contribution in [3.05, 3.63) is 53.9 Å². The molecule has 0 radical (unpaired) electrons. The number of anilines is 2. The molecule has 0 bridgehead atoms. The molecule has 1 amide bonds. The van der Waals surface area contributed by atoms with Crippen molar-refractivity contribution in [1.82, 2.24) is 20.1 Å². The van der Waals surface area contributed by atoms with Gasteiger partial charge in [0.2, 0.25) is 16.2 Å². The quantitative estimate of drug-likeness (QED) is 0.483. The van der Waals surface area contributed by atoms with Crippen LogP contribution < -0.4 is 15.5 Å². The van der Waals surface area contributed by atoms with Crippen LogP contribution in [0, 0.1) is 12.8 Å². The second-order valence-corrected chi connectivity index (χ2v) is 8.94. The molecule has 0 saturated carbocycles. The molecule has 32 heavy (non-hydrogen) atoms. The van der Waals surface area contributed by atoms with Crippen LogP contribution in [-0.2, 0) is 16.1 Å². The average molecular weight is 455 g/mol. The van der Waals surface area contributed by atoms with Crippen molar-refractivity contribution in [2.75, 3.05) is 43.6 Å². The van der Waals surface area contributed by atoms with E-state index in [0.717, 1.165) is 47.6 Å². The number of nitrogens with one attached hydrogen (secondary N) is 2. The van der Waals surface area contributed by atoms with Gasteiger partial charge in [0.1, 0.15) is 0 Å². The number of rotatable bonds is 9. The first-order valence-electron chi connectivity index (χ1n) is 11.0. The highest BCUT2D eigenvalue weighted by molar-refractivity contribution is 7.17. The number of piperidine rings is 1. The van der Waals surface area contributed by atoms with Gasteiger partial charge in [-0.25, -0.2) is 0 Å². The van der Waals surface area contributed by atoms with Crippen molar-refractivity contribution in [2.24, 2.45) is 5.92 Å². The van der Waals surface area contributed by atoms with Crippen LogP contribution in [0.5, 0.6) is 0 Å². The first-order valence-corrected chi connectivity index (χ1v) is 11.8. The lowest BCUT2D eigenvalue weighted by Gasteiger charge is -2.30. The second kappa shape index (κ2) is 10.6. The highest BCUT2D eigenvalue weighted by Gasteiger charge is 2.26. The first-order chi connectivity index (χ1) is 15.6. The molecule has 9 heteroatoms. The molecule has 8 nitrogen and oxygen atoms in total. The van der Waals surface area contributed by atoms with E-state index in [4.69, 9.17) is 4.74 Å². The van der Waals surface area contributed by atoms with Crippen molar-refractivity contribution in [2.45, 2.75) is 26.3 Å². The smallest absolute Gasteiger partial charge is 0.223 e. The van der Waals surface area contributed by atoms with Crippen LogP contribution in [0.1, 0.15) is 24.1 Å². The van der Waals surface area contributed by atoms with Gasteiger partial charge in [-0.3, -0.25) is 9.36 Å². The molecule has 2 N–H and O–H groups in total. The van der Waals surface area contributed by atoms with E-state index in [9.17, 15) is 4.79 Å². The normalized spacial score (nSPS) is 14.5. The van der Waals surface area contributed by atoms with E-state index in [2.05, 4.69) is 67.6 Å². The van der Waals surface area contributed by atoms with Crippen LogP contribution >= 0.6 is 11.3 Å². The van der Waals surface area contributed by atoms with Gasteiger partial charge >= 0.3 is 0 Å². The zero-order valence-electron chi connectivity index (χ0n) is 18.6. The summed E-state index contributed by atoms with van der Waals surface area (Å²) in [5.74, 6) is 0.178. The summed E-state index contributed by atoms with van der Waals surface area (Å²) in [4.78, 5) is 14.5. The van der Waals surface area contributed by atoms with Gasteiger partial charge in [-0.05, 0) is 44.0 Å². The molecule has 170 valence electrons. The maximum atomic E-state index is 12.3. The standard InChI is InChI=1S/C23H30N6O2S/c1-17-5-7-19(8-6-17)25-16-20-4-3-12-29(20)23-27-26-22(32-23)28-13-9-18(10-14-28)21(30)24-11-15-31-2/h3-8,12,18,25H,9-11,13-16H2,1-2H3,(H,24,30). The highest BCUT2D eigenvalue weighted by Crippen LogP contribution is 2.28. The minimum absolute atomic E-state index is 0.0550. The molecule has 0 spiro atoms. The highest BCUT2D eigenvalue weighted by atomic mass is 32.1. The summed E-state index contributed by atoms with van der Waals surface area (Å²) in [5.41, 5.74) is 3.46. The number of aromatic nitrogens is 3. The van der Waals surface area contributed by atoms with Crippen molar-refractivity contribution in [3.63, 3.8) is 0 Å². The van der Waals surface area contributed by atoms with Gasteiger partial charge in [0.25, 0.3) is 0 Å². The van der Waals surface area contributed by atoms with Gasteiger partial charge in [0, 0.05) is 50.2 Å². The first kappa shape index (κ1) is 22.3. The number of carbonyl (C=O) groups excluding carboxylic acids is 1. The van der Waals surface area contributed by atoms with Gasteiger partial charge in [-0.15, -0.1) is 10.2 Å². The summed E-state index contributed by atoms with van der Waals surface area (Å²) in [6.45, 7) is 5.51. The van der Waals surface area contributed by atoms with Crippen LogP contribution in [0.4, 0.5) is 10.8 Å². The number of hydrogen-bond acceptors (Lipinski definition) is 7. The Morgan fingerprint density at radius 3 is 2.66 bits per heavy atom. The Morgan fingerprint density at radius 2 is 1.91 bits per heavy atom. The van der Waals surface area contributed by atoms with Crippen molar-refractivity contribution in [3.8, 4) is 5.13 Å². The Morgan fingerprint density at radius 1 is 1.16 bits per heavy atom. The molecule has 0 aliphatic carbocycles. The number of aryl methyl sites for hydroxylation is 1. The maximum Gasteiger partial charge on any atom is 0.223 e. The fourth-order valence-electron chi connectivity index (χ4n) is 3.80. The van der Waals surface area contributed by atoms with Crippen molar-refractivity contribution < 1.29 is 9.53 Å². The number of methoxy groups -OCH3 is 1. The average Bonchev–Trinajstić information content (AvgIpc) is 3.48. The molecule has 3 aromatic rings. The summed E-state index contributed by atoms with van der Waals surface area (Å²) in [6.07, 6.45) is 3.67. The van der Waals surface area contributed by atoms with Crippen LogP contribution in [-0.4, -0.2) is 54.0 Å². The molecular formula is C23H30N6O2S. The number of hydrogen-bond donors (Lipinski definition) is 2. The second-order valence-electron chi connectivity index (χ2n) is 8.00. The van der Waals surface area contributed by atoms with Gasteiger partial charge in [0.05, 0.1) is 13.2 Å². The summed E-state index contributed by atoms with van der Waals surface area (Å²) < 4.78 is 7.08. The molecule has 1 saturated heterocycles. The lowest BCUT2D eigenvalue weighted by atomic mass is 9.96. The minimum atomic E-state index is 0.0550. The van der Waals surface area contributed by atoms with E-state index >= 15 is 0 Å². The summed E-state index contributed by atoms with van der Waals surface area (Å²) in [7, 11) is 1.64. The third-order valence-corrected chi connectivity index (χ3v) is 6.69. The molecule has 1 aliphatic heterocycles. The Balaban J connectivity index is 1.33. The molecule has 4 rings (SSSR count). The molecule has 2 aromatic heterocycles. The zero-order chi connectivity index (χ0) is 22.3. The van der Waals surface area contributed by atoms with Gasteiger partial charge in [-0.2, -0.15) is 0 Å². The minimum Gasteiger partial charge on any atom is -0.383 e.